The van der Waals surface area contributed by atoms with Gasteiger partial charge >= 0.3 is 0 Å². The van der Waals surface area contributed by atoms with Gasteiger partial charge < -0.3 is 0 Å². The van der Waals surface area contributed by atoms with Crippen molar-refractivity contribution in [1.82, 2.24) is 0 Å². The molecule has 0 saturated carbocycles. The minimum atomic E-state index is -3.05. The van der Waals surface area contributed by atoms with Crippen molar-refractivity contribution in [3.8, 4) is 0 Å². The van der Waals surface area contributed by atoms with Crippen molar-refractivity contribution in [2.45, 2.75) is 13.3 Å². The zero-order valence-electron chi connectivity index (χ0n) is 8.40. The fourth-order valence-electron chi connectivity index (χ4n) is 1.21. The summed E-state index contributed by atoms with van der Waals surface area (Å²) in [5.74, 6) is 0. The van der Waals surface area contributed by atoms with Crippen LogP contribution in [-0.2, 0) is 9.84 Å². The van der Waals surface area contributed by atoms with Crippen LogP contribution in [0, 0.1) is 0 Å². The molecule has 0 fully saturated rings. The molecule has 0 N–H and O–H groups in total. The van der Waals surface area contributed by atoms with Gasteiger partial charge in [-0.05, 0) is 18.1 Å². The Morgan fingerprint density at radius 2 is 1.86 bits per heavy atom. The van der Waals surface area contributed by atoms with Gasteiger partial charge in [-0.2, -0.15) is 0 Å². The molecule has 0 unspecified atom stereocenters. The quantitative estimate of drug-likeness (QED) is 0.768. The summed E-state index contributed by atoms with van der Waals surface area (Å²) in [7, 11) is -3.05. The van der Waals surface area contributed by atoms with Crippen molar-refractivity contribution >= 4 is 15.9 Å². The van der Waals surface area contributed by atoms with Gasteiger partial charge in [0.1, 0.15) is 0 Å². The summed E-state index contributed by atoms with van der Waals surface area (Å²) < 4.78 is 22.6. The second-order valence-electron chi connectivity index (χ2n) is 3.15. The smallest absolute Gasteiger partial charge is 0.171 e. The molecular formula is C11H14O2S. The Bertz CT molecular complexity index is 416. The highest BCUT2D eigenvalue weighted by Gasteiger charge is 2.07. The first kappa shape index (κ1) is 11.0. The van der Waals surface area contributed by atoms with E-state index in [4.69, 9.17) is 0 Å². The first-order valence-corrected chi connectivity index (χ1v) is 6.39. The average molecular weight is 210 g/mol. The topological polar surface area (TPSA) is 34.1 Å². The third-order valence-electron chi connectivity index (χ3n) is 1.95. The van der Waals surface area contributed by atoms with Crippen molar-refractivity contribution in [2.75, 3.05) is 6.26 Å². The van der Waals surface area contributed by atoms with Gasteiger partial charge in [0, 0.05) is 11.2 Å². The highest BCUT2D eigenvalue weighted by Crippen LogP contribution is 2.14. The van der Waals surface area contributed by atoms with Crippen LogP contribution in [0.4, 0.5) is 0 Å². The maximum atomic E-state index is 11.3. The van der Waals surface area contributed by atoms with Gasteiger partial charge in [0.2, 0.25) is 0 Å². The average Bonchev–Trinajstić information content (AvgIpc) is 2.14. The van der Waals surface area contributed by atoms with Gasteiger partial charge in [0.25, 0.3) is 0 Å². The number of rotatable bonds is 3. The van der Waals surface area contributed by atoms with E-state index in [9.17, 15) is 8.42 Å². The van der Waals surface area contributed by atoms with Crippen LogP contribution in [0.3, 0.4) is 0 Å². The first-order chi connectivity index (χ1) is 6.54. The van der Waals surface area contributed by atoms with Crippen LogP contribution in [0.15, 0.2) is 35.2 Å². The third kappa shape index (κ3) is 3.00. The molecular weight excluding hydrogens is 196 g/mol. The summed E-state index contributed by atoms with van der Waals surface area (Å²) in [4.78, 5) is 0.476. The molecule has 1 aromatic rings. The molecule has 0 radical (unpaired) electrons. The van der Waals surface area contributed by atoms with Gasteiger partial charge in [-0.3, -0.25) is 0 Å². The molecule has 0 amide bonds. The van der Waals surface area contributed by atoms with Crippen LogP contribution in [0.2, 0.25) is 0 Å². The van der Waals surface area contributed by atoms with Crippen LogP contribution in [-0.4, -0.2) is 14.7 Å². The fraction of sp³-hybridized carbons (Fsp3) is 0.273. The molecule has 14 heavy (non-hydrogen) atoms. The summed E-state index contributed by atoms with van der Waals surface area (Å²) in [6.07, 6.45) is 3.49. The molecule has 0 heterocycles. The number of benzene rings is 1. The molecule has 2 nitrogen and oxygen atoms in total. The Morgan fingerprint density at radius 1 is 1.29 bits per heavy atom. The largest absolute Gasteiger partial charge is 0.224 e. The summed E-state index contributed by atoms with van der Waals surface area (Å²) in [6, 6.07) is 9.47. The van der Waals surface area contributed by atoms with Gasteiger partial charge in [-0.25, -0.2) is 8.42 Å². The maximum Gasteiger partial charge on any atom is 0.171 e. The maximum absolute atomic E-state index is 11.3. The summed E-state index contributed by atoms with van der Waals surface area (Å²) in [5, 5.41) is 0. The van der Waals surface area contributed by atoms with Gasteiger partial charge in [-0.15, -0.1) is 0 Å². The molecule has 0 bridgehead atoms. The van der Waals surface area contributed by atoms with Gasteiger partial charge in [0.15, 0.2) is 9.84 Å². The van der Waals surface area contributed by atoms with Crippen LogP contribution in [0.5, 0.6) is 0 Å². The zero-order chi connectivity index (χ0) is 10.6. The zero-order valence-corrected chi connectivity index (χ0v) is 9.21. The lowest BCUT2D eigenvalue weighted by molar-refractivity contribution is 0.606. The van der Waals surface area contributed by atoms with Crippen molar-refractivity contribution in [1.29, 1.82) is 0 Å². The molecule has 0 spiro atoms. The fourth-order valence-corrected chi connectivity index (χ4v) is 2.08. The molecule has 1 aromatic carbocycles. The lowest BCUT2D eigenvalue weighted by Gasteiger charge is -2.01. The van der Waals surface area contributed by atoms with E-state index in [1.165, 1.54) is 6.26 Å². The van der Waals surface area contributed by atoms with E-state index < -0.39 is 9.84 Å². The Balaban J connectivity index is 3.09. The number of hydrogen-bond donors (Lipinski definition) is 0. The molecule has 3 heteroatoms. The number of sulfone groups is 1. The van der Waals surface area contributed by atoms with Gasteiger partial charge in [-0.1, -0.05) is 37.3 Å². The van der Waals surface area contributed by atoms with Crippen LogP contribution in [0.25, 0.3) is 6.08 Å². The molecule has 0 aliphatic heterocycles. The first-order valence-electron chi connectivity index (χ1n) is 4.49. The monoisotopic (exact) mass is 210 g/mol. The molecule has 1 rings (SSSR count). The van der Waals surface area contributed by atoms with E-state index in [1.807, 2.05) is 37.3 Å². The van der Waals surface area contributed by atoms with E-state index >= 15 is 0 Å². The molecule has 0 aliphatic rings. The van der Waals surface area contributed by atoms with E-state index in [0.717, 1.165) is 5.56 Å². The molecule has 0 saturated heterocycles. The van der Waals surface area contributed by atoms with Crippen molar-refractivity contribution < 1.29 is 8.42 Å². The Labute approximate surface area is 85.2 Å². The highest BCUT2D eigenvalue weighted by molar-refractivity contribution is 7.94. The SMILES string of the molecule is CCC(=Cc1ccccc1)S(C)(=O)=O. The van der Waals surface area contributed by atoms with Crippen LogP contribution < -0.4 is 0 Å². The Morgan fingerprint density at radius 3 is 2.29 bits per heavy atom. The van der Waals surface area contributed by atoms with Crippen molar-refractivity contribution in [3.05, 3.63) is 40.8 Å². The van der Waals surface area contributed by atoms with Crippen molar-refractivity contribution in [2.24, 2.45) is 0 Å². The highest BCUT2D eigenvalue weighted by atomic mass is 32.2. The summed E-state index contributed by atoms with van der Waals surface area (Å²) >= 11 is 0. The predicted octanol–water partition coefficient (Wildman–Crippen LogP) is 2.48. The van der Waals surface area contributed by atoms with Crippen molar-refractivity contribution in [3.63, 3.8) is 0 Å². The lowest BCUT2D eigenvalue weighted by atomic mass is 10.2. The van der Waals surface area contributed by atoms with E-state index in [-0.39, 0.29) is 0 Å². The minimum Gasteiger partial charge on any atom is -0.224 e. The number of allylic oxidation sites excluding steroid dienone is 1. The molecule has 0 aromatic heterocycles. The predicted molar refractivity (Wildman–Crippen MR) is 59.6 cm³/mol. The van der Waals surface area contributed by atoms with E-state index in [0.29, 0.717) is 11.3 Å². The lowest BCUT2D eigenvalue weighted by Crippen LogP contribution is -1.99. The Hall–Kier alpha value is -1.09. The minimum absolute atomic E-state index is 0.476. The normalized spacial score (nSPS) is 12.9. The Kier molecular flexibility index (Phi) is 3.47. The molecule has 76 valence electrons. The van der Waals surface area contributed by atoms with Crippen LogP contribution >= 0.6 is 0 Å². The van der Waals surface area contributed by atoms with E-state index in [2.05, 4.69) is 0 Å². The summed E-state index contributed by atoms with van der Waals surface area (Å²) in [6.45, 7) is 1.84. The molecule has 0 atom stereocenters. The standard InChI is InChI=1S/C11H14O2S/c1-3-11(14(2,12)13)9-10-7-5-4-6-8-10/h4-9H,3H2,1-2H3. The number of hydrogen-bond acceptors (Lipinski definition) is 2. The second-order valence-corrected chi connectivity index (χ2v) is 5.22. The molecule has 0 aliphatic carbocycles. The third-order valence-corrected chi connectivity index (χ3v) is 3.31. The van der Waals surface area contributed by atoms with Crippen LogP contribution in [0.1, 0.15) is 18.9 Å². The van der Waals surface area contributed by atoms with Gasteiger partial charge in [0.05, 0.1) is 0 Å². The van der Waals surface area contributed by atoms with E-state index in [1.54, 1.807) is 6.08 Å². The summed E-state index contributed by atoms with van der Waals surface area (Å²) in [5.41, 5.74) is 0.926. The second kappa shape index (κ2) is 4.42.